The second-order valence-electron chi connectivity index (χ2n) is 5.74. The van der Waals surface area contributed by atoms with Crippen LogP contribution in [0.1, 0.15) is 30.9 Å². The van der Waals surface area contributed by atoms with Crippen LogP contribution in [0.15, 0.2) is 24.3 Å². The first-order chi connectivity index (χ1) is 8.69. The van der Waals surface area contributed by atoms with Crippen molar-refractivity contribution in [1.29, 1.82) is 0 Å². The molecule has 0 aliphatic carbocycles. The Bertz CT molecular complexity index is 438. The number of fused-ring (bicyclic) bond motifs is 1. The van der Waals surface area contributed by atoms with Crippen LogP contribution in [0.3, 0.4) is 0 Å². The minimum atomic E-state index is -0.159. The Balaban J connectivity index is 1.76. The summed E-state index contributed by atoms with van der Waals surface area (Å²) in [5, 5.41) is 3.33. The Hall–Kier alpha value is -1.35. The van der Waals surface area contributed by atoms with Crippen LogP contribution in [0.25, 0.3) is 0 Å². The molecule has 1 amide bonds. The Morgan fingerprint density at radius 2 is 1.72 bits per heavy atom. The zero-order valence-corrected chi connectivity index (χ0v) is 10.9. The molecule has 1 aromatic carbocycles. The summed E-state index contributed by atoms with van der Waals surface area (Å²) in [5.74, 6) is 0.334. The van der Waals surface area contributed by atoms with Gasteiger partial charge in [0.25, 0.3) is 0 Å². The fourth-order valence-corrected chi connectivity index (χ4v) is 3.05. The number of piperidine rings is 1. The highest BCUT2D eigenvalue weighted by Gasteiger charge is 2.39. The van der Waals surface area contributed by atoms with Gasteiger partial charge in [-0.15, -0.1) is 0 Å². The lowest BCUT2D eigenvalue weighted by atomic mass is 9.79. The van der Waals surface area contributed by atoms with E-state index < -0.39 is 0 Å². The van der Waals surface area contributed by atoms with E-state index in [1.54, 1.807) is 0 Å². The third kappa shape index (κ3) is 1.93. The van der Waals surface area contributed by atoms with Gasteiger partial charge in [-0.1, -0.05) is 31.2 Å². The van der Waals surface area contributed by atoms with Gasteiger partial charge in [0, 0.05) is 18.5 Å². The van der Waals surface area contributed by atoms with E-state index in [1.807, 2.05) is 4.90 Å². The summed E-state index contributed by atoms with van der Waals surface area (Å²) in [6.45, 7) is 5.63. The molecule has 0 atom stereocenters. The molecule has 1 saturated heterocycles. The number of carbonyl (C=O) groups is 1. The third-order valence-electron chi connectivity index (χ3n) is 4.35. The Morgan fingerprint density at radius 1 is 1.17 bits per heavy atom. The predicted octanol–water partition coefficient (Wildman–Crippen LogP) is 1.92. The van der Waals surface area contributed by atoms with Crippen molar-refractivity contribution in [2.75, 3.05) is 13.1 Å². The van der Waals surface area contributed by atoms with Crippen LogP contribution in [0.4, 0.5) is 0 Å². The number of amides is 1. The highest BCUT2D eigenvalue weighted by molar-refractivity contribution is 5.83. The summed E-state index contributed by atoms with van der Waals surface area (Å²) in [4.78, 5) is 14.7. The van der Waals surface area contributed by atoms with E-state index in [9.17, 15) is 4.79 Å². The molecule has 1 N–H and O–H groups in total. The molecular formula is C15H20N2O. The minimum absolute atomic E-state index is 0.159. The molecule has 0 aromatic heterocycles. The van der Waals surface area contributed by atoms with Crippen molar-refractivity contribution in [3.05, 3.63) is 35.4 Å². The molecule has 2 heterocycles. The number of hydrogen-bond acceptors (Lipinski definition) is 2. The maximum atomic E-state index is 12.7. The van der Waals surface area contributed by atoms with E-state index in [-0.39, 0.29) is 5.41 Å². The van der Waals surface area contributed by atoms with Gasteiger partial charge in [-0.2, -0.15) is 0 Å². The van der Waals surface area contributed by atoms with Crippen molar-refractivity contribution >= 4 is 5.91 Å². The lowest BCUT2D eigenvalue weighted by Crippen LogP contribution is -2.46. The van der Waals surface area contributed by atoms with Gasteiger partial charge < -0.3 is 10.2 Å². The van der Waals surface area contributed by atoms with Gasteiger partial charge in [0.05, 0.1) is 0 Å². The highest BCUT2D eigenvalue weighted by atomic mass is 16.2. The van der Waals surface area contributed by atoms with Crippen molar-refractivity contribution in [1.82, 2.24) is 10.2 Å². The summed E-state index contributed by atoms with van der Waals surface area (Å²) in [6.07, 6.45) is 1.91. The predicted molar refractivity (Wildman–Crippen MR) is 70.9 cm³/mol. The molecule has 0 spiro atoms. The van der Waals surface area contributed by atoms with Crippen molar-refractivity contribution in [2.45, 2.75) is 32.9 Å². The molecule has 1 aromatic rings. The van der Waals surface area contributed by atoms with Gasteiger partial charge in [-0.25, -0.2) is 0 Å². The van der Waals surface area contributed by atoms with Gasteiger partial charge in [0.2, 0.25) is 5.91 Å². The number of nitrogens with one attached hydrogen (secondary N) is 1. The maximum absolute atomic E-state index is 12.7. The first kappa shape index (κ1) is 11.7. The van der Waals surface area contributed by atoms with E-state index in [0.717, 1.165) is 39.0 Å². The van der Waals surface area contributed by atoms with Crippen LogP contribution in [0.5, 0.6) is 0 Å². The van der Waals surface area contributed by atoms with Crippen molar-refractivity contribution in [3.8, 4) is 0 Å². The summed E-state index contributed by atoms with van der Waals surface area (Å²) in [5.41, 5.74) is 2.46. The molecule has 1 fully saturated rings. The molecule has 96 valence electrons. The van der Waals surface area contributed by atoms with Crippen LogP contribution in [0, 0.1) is 5.41 Å². The van der Waals surface area contributed by atoms with Crippen molar-refractivity contribution in [2.24, 2.45) is 5.41 Å². The topological polar surface area (TPSA) is 32.3 Å². The molecule has 0 unspecified atom stereocenters. The lowest BCUT2D eigenvalue weighted by molar-refractivity contribution is -0.143. The first-order valence-corrected chi connectivity index (χ1v) is 6.76. The normalized spacial score (nSPS) is 21.7. The molecule has 3 rings (SSSR count). The minimum Gasteiger partial charge on any atom is -0.334 e. The van der Waals surface area contributed by atoms with Crippen LogP contribution < -0.4 is 5.32 Å². The van der Waals surface area contributed by atoms with Gasteiger partial charge >= 0.3 is 0 Å². The zero-order chi connectivity index (χ0) is 12.6. The molecule has 2 aliphatic heterocycles. The SMILES string of the molecule is CC1(C(=O)N2Cc3ccccc3C2)CCNCC1. The standard InChI is InChI=1S/C15H20N2O/c1-15(6-8-16-9-7-15)14(18)17-10-12-4-2-3-5-13(12)11-17/h2-5,16H,6-11H2,1H3. The average molecular weight is 244 g/mol. The quantitative estimate of drug-likeness (QED) is 0.818. The summed E-state index contributed by atoms with van der Waals surface area (Å²) in [7, 11) is 0. The summed E-state index contributed by atoms with van der Waals surface area (Å²) in [6, 6.07) is 8.37. The molecule has 0 bridgehead atoms. The number of nitrogens with zero attached hydrogens (tertiary/aromatic N) is 1. The van der Waals surface area contributed by atoms with Gasteiger partial charge in [0.1, 0.15) is 0 Å². The Morgan fingerprint density at radius 3 is 2.28 bits per heavy atom. The monoisotopic (exact) mass is 244 g/mol. The van der Waals surface area contributed by atoms with Crippen LogP contribution in [0.2, 0.25) is 0 Å². The number of carbonyl (C=O) groups excluding carboxylic acids is 1. The molecule has 0 radical (unpaired) electrons. The van der Waals surface area contributed by atoms with E-state index in [4.69, 9.17) is 0 Å². The second-order valence-corrected chi connectivity index (χ2v) is 5.74. The average Bonchev–Trinajstić information content (AvgIpc) is 2.82. The largest absolute Gasteiger partial charge is 0.334 e. The van der Waals surface area contributed by atoms with E-state index in [1.165, 1.54) is 11.1 Å². The Labute approximate surface area is 108 Å². The fraction of sp³-hybridized carbons (Fsp3) is 0.533. The maximum Gasteiger partial charge on any atom is 0.229 e. The fourth-order valence-electron chi connectivity index (χ4n) is 3.05. The van der Waals surface area contributed by atoms with Crippen LogP contribution >= 0.6 is 0 Å². The molecule has 3 heteroatoms. The van der Waals surface area contributed by atoms with Gasteiger partial charge in [-0.05, 0) is 37.1 Å². The van der Waals surface area contributed by atoms with E-state index >= 15 is 0 Å². The van der Waals surface area contributed by atoms with E-state index in [0.29, 0.717) is 5.91 Å². The van der Waals surface area contributed by atoms with Gasteiger partial charge in [0.15, 0.2) is 0 Å². The number of hydrogen-bond donors (Lipinski definition) is 1. The zero-order valence-electron chi connectivity index (χ0n) is 10.9. The first-order valence-electron chi connectivity index (χ1n) is 6.76. The highest BCUT2D eigenvalue weighted by Crippen LogP contribution is 2.33. The number of rotatable bonds is 1. The third-order valence-corrected chi connectivity index (χ3v) is 4.35. The Kier molecular flexibility index (Phi) is 2.86. The molecular weight excluding hydrogens is 224 g/mol. The van der Waals surface area contributed by atoms with Crippen LogP contribution in [-0.2, 0) is 17.9 Å². The molecule has 3 nitrogen and oxygen atoms in total. The molecule has 18 heavy (non-hydrogen) atoms. The van der Waals surface area contributed by atoms with Crippen molar-refractivity contribution in [3.63, 3.8) is 0 Å². The molecule has 0 saturated carbocycles. The summed E-state index contributed by atoms with van der Waals surface area (Å²) >= 11 is 0. The smallest absolute Gasteiger partial charge is 0.229 e. The molecule has 2 aliphatic rings. The second kappa shape index (κ2) is 4.39. The van der Waals surface area contributed by atoms with E-state index in [2.05, 4.69) is 36.5 Å². The van der Waals surface area contributed by atoms with Crippen LogP contribution in [-0.4, -0.2) is 23.9 Å². The number of benzene rings is 1. The van der Waals surface area contributed by atoms with Gasteiger partial charge in [-0.3, -0.25) is 4.79 Å². The summed E-state index contributed by atoms with van der Waals surface area (Å²) < 4.78 is 0. The lowest BCUT2D eigenvalue weighted by Gasteiger charge is -2.35. The van der Waals surface area contributed by atoms with Crippen molar-refractivity contribution < 1.29 is 4.79 Å².